The Kier molecular flexibility index (Phi) is 8.25. The van der Waals surface area contributed by atoms with E-state index in [1.165, 1.54) is 21.3 Å². The van der Waals surface area contributed by atoms with Crippen LogP contribution < -0.4 is 0 Å². The molecule has 0 aromatic heterocycles. The standard InChI is InChI=1S/C22H27F3N2O3S/c1-4-27(5-2)31(29,30)20-13-8-17(9-14-20)10-15-21(28)26(3)16-18-6-11-19(12-7-18)22(23,24)25/h6-9,11-14H,4-5,10,15-16H2,1-3H3. The molecule has 0 aliphatic rings. The normalized spacial score (nSPS) is 12.2. The van der Waals surface area contributed by atoms with Crippen LogP contribution in [-0.4, -0.2) is 43.7 Å². The van der Waals surface area contributed by atoms with Gasteiger partial charge in [-0.05, 0) is 41.8 Å². The molecule has 170 valence electrons. The summed E-state index contributed by atoms with van der Waals surface area (Å²) in [6.07, 6.45) is -3.75. The summed E-state index contributed by atoms with van der Waals surface area (Å²) in [5.41, 5.74) is 0.710. The number of carbonyl (C=O) groups excluding carboxylic acids is 1. The van der Waals surface area contributed by atoms with Gasteiger partial charge in [0.15, 0.2) is 0 Å². The number of aryl methyl sites for hydroxylation is 1. The van der Waals surface area contributed by atoms with Gasteiger partial charge in [-0.3, -0.25) is 4.79 Å². The average molecular weight is 457 g/mol. The molecular weight excluding hydrogens is 429 g/mol. The number of hydrogen-bond donors (Lipinski definition) is 0. The average Bonchev–Trinajstić information content (AvgIpc) is 2.72. The van der Waals surface area contributed by atoms with Crippen molar-refractivity contribution in [3.8, 4) is 0 Å². The number of alkyl halides is 3. The van der Waals surface area contributed by atoms with Crippen molar-refractivity contribution >= 4 is 15.9 Å². The van der Waals surface area contributed by atoms with Gasteiger partial charge < -0.3 is 4.90 Å². The minimum absolute atomic E-state index is 0.153. The molecule has 0 spiro atoms. The van der Waals surface area contributed by atoms with Crippen molar-refractivity contribution in [3.05, 3.63) is 65.2 Å². The van der Waals surface area contributed by atoms with Gasteiger partial charge in [0.1, 0.15) is 0 Å². The molecule has 0 bridgehead atoms. The lowest BCUT2D eigenvalue weighted by Crippen LogP contribution is -2.30. The van der Waals surface area contributed by atoms with Gasteiger partial charge in [0.25, 0.3) is 0 Å². The summed E-state index contributed by atoms with van der Waals surface area (Å²) in [4.78, 5) is 14.1. The fourth-order valence-electron chi connectivity index (χ4n) is 3.14. The first-order valence-electron chi connectivity index (χ1n) is 9.98. The van der Waals surface area contributed by atoms with Gasteiger partial charge in [-0.25, -0.2) is 8.42 Å². The van der Waals surface area contributed by atoms with Crippen LogP contribution in [0.4, 0.5) is 13.2 Å². The molecular formula is C22H27F3N2O3S. The van der Waals surface area contributed by atoms with Crippen molar-refractivity contribution in [2.24, 2.45) is 0 Å². The van der Waals surface area contributed by atoms with Crippen molar-refractivity contribution in [2.75, 3.05) is 20.1 Å². The molecule has 1 amide bonds. The Hall–Kier alpha value is -2.39. The maximum atomic E-state index is 12.6. The topological polar surface area (TPSA) is 57.7 Å². The van der Waals surface area contributed by atoms with E-state index in [1.807, 2.05) is 0 Å². The smallest absolute Gasteiger partial charge is 0.341 e. The molecule has 2 aromatic carbocycles. The van der Waals surface area contributed by atoms with E-state index < -0.39 is 21.8 Å². The molecule has 0 saturated heterocycles. The summed E-state index contributed by atoms with van der Waals surface area (Å²) in [5, 5.41) is 0. The molecule has 9 heteroatoms. The van der Waals surface area contributed by atoms with Gasteiger partial charge in [-0.2, -0.15) is 17.5 Å². The van der Waals surface area contributed by atoms with Crippen LogP contribution in [-0.2, 0) is 34.0 Å². The molecule has 31 heavy (non-hydrogen) atoms. The molecule has 0 atom stereocenters. The van der Waals surface area contributed by atoms with Crippen LogP contribution in [0, 0.1) is 0 Å². The Morgan fingerprint density at radius 1 is 0.903 bits per heavy atom. The Bertz CT molecular complexity index is 969. The first-order chi connectivity index (χ1) is 14.5. The molecule has 0 aliphatic carbocycles. The van der Waals surface area contributed by atoms with Crippen LogP contribution >= 0.6 is 0 Å². The maximum Gasteiger partial charge on any atom is 0.416 e. The van der Waals surface area contributed by atoms with E-state index in [0.717, 1.165) is 17.7 Å². The van der Waals surface area contributed by atoms with Crippen molar-refractivity contribution in [2.45, 2.75) is 44.3 Å². The van der Waals surface area contributed by atoms with Gasteiger partial charge >= 0.3 is 6.18 Å². The van der Waals surface area contributed by atoms with Crippen molar-refractivity contribution in [3.63, 3.8) is 0 Å². The Morgan fingerprint density at radius 3 is 1.90 bits per heavy atom. The molecule has 0 aliphatic heterocycles. The first-order valence-corrected chi connectivity index (χ1v) is 11.4. The lowest BCUT2D eigenvalue weighted by atomic mass is 10.1. The SMILES string of the molecule is CCN(CC)S(=O)(=O)c1ccc(CCC(=O)N(C)Cc2ccc(C(F)(F)F)cc2)cc1. The van der Waals surface area contributed by atoms with E-state index >= 15 is 0 Å². The fourth-order valence-corrected chi connectivity index (χ4v) is 4.60. The highest BCUT2D eigenvalue weighted by Gasteiger charge is 2.30. The lowest BCUT2D eigenvalue weighted by Gasteiger charge is -2.19. The third kappa shape index (κ3) is 6.54. The van der Waals surface area contributed by atoms with E-state index in [1.54, 1.807) is 45.2 Å². The van der Waals surface area contributed by atoms with Gasteiger partial charge in [0.2, 0.25) is 15.9 Å². The summed E-state index contributed by atoms with van der Waals surface area (Å²) >= 11 is 0. The van der Waals surface area contributed by atoms with E-state index in [0.29, 0.717) is 25.1 Å². The minimum Gasteiger partial charge on any atom is -0.341 e. The second kappa shape index (κ2) is 10.3. The van der Waals surface area contributed by atoms with Gasteiger partial charge in [0.05, 0.1) is 10.5 Å². The van der Waals surface area contributed by atoms with Gasteiger partial charge in [-0.15, -0.1) is 0 Å². The number of hydrogen-bond acceptors (Lipinski definition) is 3. The van der Waals surface area contributed by atoms with Crippen LogP contribution in [0.5, 0.6) is 0 Å². The monoisotopic (exact) mass is 456 g/mol. The Morgan fingerprint density at radius 2 is 1.42 bits per heavy atom. The van der Waals surface area contributed by atoms with E-state index in [9.17, 15) is 26.4 Å². The maximum absolute atomic E-state index is 12.6. The predicted molar refractivity (Wildman–Crippen MR) is 113 cm³/mol. The number of nitrogens with zero attached hydrogens (tertiary/aromatic N) is 2. The largest absolute Gasteiger partial charge is 0.416 e. The number of halogens is 3. The van der Waals surface area contributed by atoms with Crippen molar-refractivity contribution < 1.29 is 26.4 Å². The van der Waals surface area contributed by atoms with Crippen LogP contribution in [0.2, 0.25) is 0 Å². The van der Waals surface area contributed by atoms with Crippen LogP contribution in [0.25, 0.3) is 0 Å². The predicted octanol–water partition coefficient (Wildman–Crippen LogP) is 4.33. The quantitative estimate of drug-likeness (QED) is 0.565. The third-order valence-electron chi connectivity index (χ3n) is 5.02. The summed E-state index contributed by atoms with van der Waals surface area (Å²) in [7, 11) is -1.92. The van der Waals surface area contributed by atoms with Crippen molar-refractivity contribution in [1.29, 1.82) is 0 Å². The molecule has 2 aromatic rings. The highest BCUT2D eigenvalue weighted by Crippen LogP contribution is 2.29. The molecule has 0 fully saturated rings. The highest BCUT2D eigenvalue weighted by molar-refractivity contribution is 7.89. The molecule has 0 unspecified atom stereocenters. The van der Waals surface area contributed by atoms with E-state index in [4.69, 9.17) is 0 Å². The summed E-state index contributed by atoms with van der Waals surface area (Å²) in [6, 6.07) is 11.2. The Balaban J connectivity index is 1.93. The minimum atomic E-state index is -4.39. The van der Waals surface area contributed by atoms with E-state index in [-0.39, 0.29) is 23.8 Å². The number of benzene rings is 2. The zero-order chi connectivity index (χ0) is 23.2. The summed E-state index contributed by atoms with van der Waals surface area (Å²) < 4.78 is 64.3. The molecule has 0 saturated carbocycles. The number of carbonyl (C=O) groups is 1. The second-order valence-electron chi connectivity index (χ2n) is 7.18. The number of rotatable bonds is 9. The zero-order valence-corrected chi connectivity index (χ0v) is 18.6. The summed E-state index contributed by atoms with van der Waals surface area (Å²) in [5.74, 6) is -0.153. The van der Waals surface area contributed by atoms with Crippen LogP contribution in [0.1, 0.15) is 37.0 Å². The second-order valence-corrected chi connectivity index (χ2v) is 9.12. The molecule has 0 radical (unpaired) electrons. The van der Waals surface area contributed by atoms with Gasteiger partial charge in [-0.1, -0.05) is 38.1 Å². The first kappa shape index (κ1) is 24.9. The Labute approximate surface area is 181 Å². The van der Waals surface area contributed by atoms with Crippen LogP contribution in [0.15, 0.2) is 53.4 Å². The molecule has 2 rings (SSSR count). The highest BCUT2D eigenvalue weighted by atomic mass is 32.2. The molecule has 0 N–H and O–H groups in total. The van der Waals surface area contributed by atoms with Crippen LogP contribution in [0.3, 0.4) is 0 Å². The molecule has 0 heterocycles. The summed E-state index contributed by atoms with van der Waals surface area (Å²) in [6.45, 7) is 4.54. The number of amides is 1. The number of sulfonamides is 1. The zero-order valence-electron chi connectivity index (χ0n) is 17.8. The fraction of sp³-hybridized carbons (Fsp3) is 0.409. The van der Waals surface area contributed by atoms with E-state index in [2.05, 4.69) is 0 Å². The van der Waals surface area contributed by atoms with Crippen molar-refractivity contribution in [1.82, 2.24) is 9.21 Å². The third-order valence-corrected chi connectivity index (χ3v) is 7.08. The van der Waals surface area contributed by atoms with Gasteiger partial charge in [0, 0.05) is 33.1 Å². The lowest BCUT2D eigenvalue weighted by molar-refractivity contribution is -0.137. The molecule has 5 nitrogen and oxygen atoms in total.